The predicted molar refractivity (Wildman–Crippen MR) is 69.7 cm³/mol. The fraction of sp³-hybridized carbons (Fsp3) is 0.571. The van der Waals surface area contributed by atoms with Gasteiger partial charge in [-0.1, -0.05) is 12.8 Å². The average Bonchev–Trinajstić information content (AvgIpc) is 2.59. The number of nitrogens with zero attached hydrogens (tertiary/aromatic N) is 1. The molecule has 0 aromatic heterocycles. The molecular formula is C14H18ClF2N. The Labute approximate surface area is 112 Å². The van der Waals surface area contributed by atoms with E-state index in [-0.39, 0.29) is 17.7 Å². The normalized spacial score (nSPS) is 21.8. The van der Waals surface area contributed by atoms with Gasteiger partial charge in [-0.25, -0.2) is 8.78 Å². The molecule has 0 spiro atoms. The lowest BCUT2D eigenvalue weighted by Crippen LogP contribution is -2.35. The summed E-state index contributed by atoms with van der Waals surface area (Å²) in [7, 11) is 0. The third kappa shape index (κ3) is 3.42. The molecule has 0 N–H and O–H groups in total. The fourth-order valence-corrected chi connectivity index (χ4v) is 2.85. The third-order valence-electron chi connectivity index (χ3n) is 3.56. The SMILES string of the molecule is Fc1ccc(F)c(CN2CCCCCC2CCl)c1. The molecule has 1 fully saturated rings. The molecule has 1 heterocycles. The van der Waals surface area contributed by atoms with Crippen molar-refractivity contribution in [3.05, 3.63) is 35.4 Å². The van der Waals surface area contributed by atoms with Crippen LogP contribution in [0.25, 0.3) is 0 Å². The Kier molecular flexibility index (Phi) is 4.95. The molecule has 1 nitrogen and oxygen atoms in total. The van der Waals surface area contributed by atoms with E-state index in [9.17, 15) is 8.78 Å². The van der Waals surface area contributed by atoms with Gasteiger partial charge < -0.3 is 0 Å². The lowest BCUT2D eigenvalue weighted by atomic mass is 10.1. The van der Waals surface area contributed by atoms with E-state index < -0.39 is 0 Å². The maximum Gasteiger partial charge on any atom is 0.127 e. The molecule has 18 heavy (non-hydrogen) atoms. The van der Waals surface area contributed by atoms with E-state index in [0.717, 1.165) is 25.5 Å². The zero-order valence-corrected chi connectivity index (χ0v) is 11.1. The molecule has 1 atom stereocenters. The Balaban J connectivity index is 2.12. The van der Waals surface area contributed by atoms with E-state index in [4.69, 9.17) is 11.6 Å². The number of alkyl halides is 1. The number of rotatable bonds is 3. The van der Waals surface area contributed by atoms with Crippen LogP contribution in [0.2, 0.25) is 0 Å². The van der Waals surface area contributed by atoms with E-state index in [1.165, 1.54) is 25.0 Å². The maximum absolute atomic E-state index is 13.6. The average molecular weight is 274 g/mol. The zero-order valence-electron chi connectivity index (χ0n) is 10.3. The van der Waals surface area contributed by atoms with Gasteiger partial charge in [-0.05, 0) is 37.6 Å². The summed E-state index contributed by atoms with van der Waals surface area (Å²) in [4.78, 5) is 2.18. The monoisotopic (exact) mass is 273 g/mol. The van der Waals surface area contributed by atoms with Crippen LogP contribution in [-0.2, 0) is 6.54 Å². The number of benzene rings is 1. The van der Waals surface area contributed by atoms with Gasteiger partial charge in [-0.15, -0.1) is 11.6 Å². The number of halogens is 3. The van der Waals surface area contributed by atoms with Crippen molar-refractivity contribution >= 4 is 11.6 Å². The molecule has 2 rings (SSSR count). The van der Waals surface area contributed by atoms with Crippen molar-refractivity contribution in [3.8, 4) is 0 Å². The Morgan fingerprint density at radius 1 is 1.22 bits per heavy atom. The van der Waals surface area contributed by atoms with Gasteiger partial charge in [0.1, 0.15) is 11.6 Å². The first-order valence-electron chi connectivity index (χ1n) is 6.44. The molecule has 0 bridgehead atoms. The zero-order chi connectivity index (χ0) is 13.0. The third-order valence-corrected chi connectivity index (χ3v) is 3.91. The van der Waals surface area contributed by atoms with Crippen LogP contribution in [0.3, 0.4) is 0 Å². The highest BCUT2D eigenvalue weighted by Crippen LogP contribution is 2.21. The maximum atomic E-state index is 13.6. The lowest BCUT2D eigenvalue weighted by molar-refractivity contribution is 0.204. The van der Waals surface area contributed by atoms with E-state index >= 15 is 0 Å². The van der Waals surface area contributed by atoms with E-state index in [0.29, 0.717) is 18.0 Å². The van der Waals surface area contributed by atoms with Gasteiger partial charge in [0.15, 0.2) is 0 Å². The van der Waals surface area contributed by atoms with E-state index in [1.807, 2.05) is 0 Å². The highest BCUT2D eigenvalue weighted by atomic mass is 35.5. The molecule has 1 aromatic carbocycles. The van der Waals surface area contributed by atoms with E-state index in [1.54, 1.807) is 0 Å². The quantitative estimate of drug-likeness (QED) is 0.754. The van der Waals surface area contributed by atoms with E-state index in [2.05, 4.69) is 4.90 Å². The molecule has 0 aliphatic carbocycles. The first kappa shape index (κ1) is 13.8. The minimum Gasteiger partial charge on any atom is -0.295 e. The van der Waals surface area contributed by atoms with Crippen LogP contribution in [0.1, 0.15) is 31.2 Å². The number of hydrogen-bond acceptors (Lipinski definition) is 1. The molecule has 0 amide bonds. The van der Waals surface area contributed by atoms with Crippen LogP contribution in [0.5, 0.6) is 0 Å². The van der Waals surface area contributed by atoms with Crippen molar-refractivity contribution in [2.24, 2.45) is 0 Å². The van der Waals surface area contributed by atoms with Gasteiger partial charge in [-0.2, -0.15) is 0 Å². The van der Waals surface area contributed by atoms with Crippen LogP contribution in [-0.4, -0.2) is 23.4 Å². The van der Waals surface area contributed by atoms with Crippen molar-refractivity contribution in [2.75, 3.05) is 12.4 Å². The summed E-state index contributed by atoms with van der Waals surface area (Å²) in [5.41, 5.74) is 0.423. The molecule has 1 aliphatic heterocycles. The van der Waals surface area contributed by atoms with Crippen molar-refractivity contribution in [1.82, 2.24) is 4.90 Å². The molecule has 4 heteroatoms. The standard InChI is InChI=1S/C14H18ClF2N/c15-9-13-4-2-1-3-7-18(13)10-11-8-12(16)5-6-14(11)17/h5-6,8,13H,1-4,7,9-10H2. The first-order valence-corrected chi connectivity index (χ1v) is 6.98. The predicted octanol–water partition coefficient (Wildman–Crippen LogP) is 3.95. The minimum atomic E-state index is -0.386. The summed E-state index contributed by atoms with van der Waals surface area (Å²) in [6.07, 6.45) is 4.50. The second kappa shape index (κ2) is 6.48. The van der Waals surface area contributed by atoms with Crippen molar-refractivity contribution < 1.29 is 8.78 Å². The molecule has 1 unspecified atom stereocenters. The van der Waals surface area contributed by atoms with Gasteiger partial charge in [0.05, 0.1) is 0 Å². The van der Waals surface area contributed by atoms with Gasteiger partial charge in [0.25, 0.3) is 0 Å². The summed E-state index contributed by atoms with van der Waals surface area (Å²) < 4.78 is 26.8. The number of likely N-dealkylation sites (tertiary alicyclic amines) is 1. The second-order valence-electron chi connectivity index (χ2n) is 4.86. The van der Waals surface area contributed by atoms with Crippen LogP contribution in [0, 0.1) is 11.6 Å². The first-order chi connectivity index (χ1) is 8.70. The number of hydrogen-bond donors (Lipinski definition) is 0. The van der Waals surface area contributed by atoms with Crippen LogP contribution >= 0.6 is 11.6 Å². The van der Waals surface area contributed by atoms with Gasteiger partial charge in [0.2, 0.25) is 0 Å². The highest BCUT2D eigenvalue weighted by molar-refractivity contribution is 6.18. The summed E-state index contributed by atoms with van der Waals surface area (Å²) in [5, 5.41) is 0. The Hall–Kier alpha value is -0.670. The molecular weight excluding hydrogens is 256 g/mol. The molecule has 0 saturated carbocycles. The minimum absolute atomic E-state index is 0.275. The van der Waals surface area contributed by atoms with Gasteiger partial charge >= 0.3 is 0 Å². The fourth-order valence-electron chi connectivity index (χ4n) is 2.50. The molecule has 100 valence electrons. The largest absolute Gasteiger partial charge is 0.295 e. The topological polar surface area (TPSA) is 3.24 Å². The Morgan fingerprint density at radius 3 is 2.83 bits per heavy atom. The summed E-state index contributed by atoms with van der Waals surface area (Å²) >= 11 is 5.98. The molecule has 1 saturated heterocycles. The van der Waals surface area contributed by atoms with Crippen molar-refractivity contribution in [1.29, 1.82) is 0 Å². The molecule has 1 aliphatic rings. The van der Waals surface area contributed by atoms with Gasteiger partial charge in [-0.3, -0.25) is 4.90 Å². The summed E-state index contributed by atoms with van der Waals surface area (Å²) in [6, 6.07) is 3.90. The smallest absolute Gasteiger partial charge is 0.127 e. The lowest BCUT2D eigenvalue weighted by Gasteiger charge is -2.28. The molecule has 1 aromatic rings. The Bertz CT molecular complexity index is 397. The highest BCUT2D eigenvalue weighted by Gasteiger charge is 2.21. The van der Waals surface area contributed by atoms with Gasteiger partial charge in [0, 0.05) is 24.0 Å². The summed E-state index contributed by atoms with van der Waals surface area (Å²) in [5.74, 6) is -0.172. The second-order valence-corrected chi connectivity index (χ2v) is 5.17. The van der Waals surface area contributed by atoms with Crippen molar-refractivity contribution in [2.45, 2.75) is 38.3 Å². The van der Waals surface area contributed by atoms with Crippen LogP contribution in [0.15, 0.2) is 18.2 Å². The molecule has 0 radical (unpaired) electrons. The van der Waals surface area contributed by atoms with Crippen LogP contribution in [0.4, 0.5) is 8.78 Å². The van der Waals surface area contributed by atoms with Crippen molar-refractivity contribution in [3.63, 3.8) is 0 Å². The van der Waals surface area contributed by atoms with Crippen LogP contribution < -0.4 is 0 Å². The Morgan fingerprint density at radius 2 is 2.06 bits per heavy atom. The summed E-state index contributed by atoms with van der Waals surface area (Å²) in [6.45, 7) is 1.36.